The number of aliphatic hydroxyl groups is 2. The molecule has 5 heterocycles. The molecule has 17 amide bonds. The molecule has 19 N–H and O–H groups in total. The molecule has 2 saturated heterocycles. The van der Waals surface area contributed by atoms with Crippen LogP contribution in [0.15, 0.2) is 104 Å². The highest BCUT2D eigenvalue weighted by Gasteiger charge is 2.44. The molecule has 3 aromatic heterocycles. The molecule has 41 heteroatoms. The Morgan fingerprint density at radius 3 is 1.62 bits per heavy atom. The number of amides is 17. The van der Waals surface area contributed by atoms with Gasteiger partial charge in [0.05, 0.1) is 44.8 Å². The van der Waals surface area contributed by atoms with E-state index in [1.165, 1.54) is 47.6 Å². The largest absolute Gasteiger partial charge is 0.394 e. The van der Waals surface area contributed by atoms with Gasteiger partial charge in [-0.05, 0) is 73.8 Å². The first-order valence-electron chi connectivity index (χ1n) is 42.4. The Hall–Kier alpha value is -12.8. The van der Waals surface area contributed by atoms with E-state index in [1.807, 2.05) is 13.8 Å². The molecule has 1 unspecified atom stereocenters. The summed E-state index contributed by atoms with van der Waals surface area (Å²) in [5.74, 6) is -17.1. The number of aromatic amines is 3. The van der Waals surface area contributed by atoms with Crippen LogP contribution in [0, 0.1) is 5.92 Å². The fraction of sp³-hybridized carbons (Fsp3) is 0.512. The SMILES string of the molecule is CCCC[C@H]1C(=O)N(C)[C@@H](CCCC)C(=O)NC(CO)C(=O)N[C@H](C(=O)NCC(N)=O)CSCC(=O)N[C@@H](Cc2ccccc2)C(=O)N(C)[C@@H](C)C(=O)N[C@@H](CC(N)=O)C(=O)N2CCC[C@H]2C(=O)N[C@@H](Cc2cnc[nH]2)C(=O)N[C@@H](CC(C)C)C(=O)N(C)CC(=O)N[C@@H](Cc2c[nH]c3ccccc23)C(=O)N[C@@H](CO)C(=O)N[C@@H](Cc2c[nH]c3ccccc23)C(=O)N1C. The molecule has 40 nitrogen and oxygen atoms in total. The van der Waals surface area contributed by atoms with Crippen LogP contribution >= 0.6 is 11.8 Å². The maximum Gasteiger partial charge on any atom is 0.246 e. The average Bonchev–Trinajstić information content (AvgIpc) is 1.73. The number of likely N-dealkylation sites (N-methyl/N-ethyl adjacent to an activating group) is 4. The number of nitrogens with one attached hydrogen (secondary N) is 13. The van der Waals surface area contributed by atoms with Crippen LogP contribution in [0.1, 0.15) is 121 Å². The summed E-state index contributed by atoms with van der Waals surface area (Å²) in [5.41, 5.74) is 14.3. The van der Waals surface area contributed by atoms with Crippen LogP contribution in [-0.2, 0) is 107 Å². The van der Waals surface area contributed by atoms with E-state index >= 15 is 14.4 Å². The third kappa shape index (κ3) is 28.1. The Balaban J connectivity index is 1.16. The minimum Gasteiger partial charge on any atom is -0.394 e. The molecule has 2 aliphatic rings. The number of carbonyl (C=O) groups excluding carboxylic acids is 17. The lowest BCUT2D eigenvalue weighted by Crippen LogP contribution is -2.61. The number of hydrogen-bond acceptors (Lipinski definition) is 21. The maximum atomic E-state index is 15.6. The van der Waals surface area contributed by atoms with Gasteiger partial charge in [0, 0.05) is 112 Å². The number of primary amides is 2. The molecule has 13 atom stereocenters. The summed E-state index contributed by atoms with van der Waals surface area (Å²) in [6.07, 6.45) is 6.08. The van der Waals surface area contributed by atoms with Crippen LogP contribution in [0.3, 0.4) is 0 Å². The molecule has 2 fully saturated rings. The van der Waals surface area contributed by atoms with Gasteiger partial charge in [-0.3, -0.25) is 81.5 Å². The highest BCUT2D eigenvalue weighted by molar-refractivity contribution is 8.00. The molecule has 8 rings (SSSR count). The van der Waals surface area contributed by atoms with Crippen LogP contribution in [0.5, 0.6) is 0 Å². The van der Waals surface area contributed by atoms with Crippen molar-refractivity contribution in [2.24, 2.45) is 17.4 Å². The second-order valence-corrected chi connectivity index (χ2v) is 33.4. The van der Waals surface area contributed by atoms with Crippen molar-refractivity contribution in [2.45, 2.75) is 203 Å². The van der Waals surface area contributed by atoms with Crippen molar-refractivity contribution in [3.8, 4) is 0 Å². The minimum absolute atomic E-state index is 0.000328. The zero-order valence-electron chi connectivity index (χ0n) is 72.8. The average molecular weight is 1780 g/mol. The molecule has 0 aliphatic carbocycles. The number of aromatic nitrogens is 4. The van der Waals surface area contributed by atoms with Gasteiger partial charge in [0.15, 0.2) is 0 Å². The fourth-order valence-electron chi connectivity index (χ4n) is 15.2. The topological polar surface area (TPSA) is 579 Å². The van der Waals surface area contributed by atoms with Crippen molar-refractivity contribution < 1.29 is 91.7 Å². The van der Waals surface area contributed by atoms with E-state index in [1.54, 1.807) is 105 Å². The predicted molar refractivity (Wildman–Crippen MR) is 468 cm³/mol. The maximum absolute atomic E-state index is 15.6. The lowest BCUT2D eigenvalue weighted by atomic mass is 10.00. The van der Waals surface area contributed by atoms with Gasteiger partial charge in [-0.15, -0.1) is 11.8 Å². The highest BCUT2D eigenvalue weighted by atomic mass is 32.2. The normalized spacial score (nSPS) is 24.0. The molecular formula is C86H119N21O19S. The molecule has 6 aromatic rings. The van der Waals surface area contributed by atoms with Crippen molar-refractivity contribution in [1.29, 1.82) is 0 Å². The first kappa shape index (κ1) is 99.6. The molecule has 3 aromatic carbocycles. The van der Waals surface area contributed by atoms with Crippen molar-refractivity contribution in [2.75, 3.05) is 72.5 Å². The first-order chi connectivity index (χ1) is 60.6. The number of carbonyl (C=O) groups is 17. The summed E-state index contributed by atoms with van der Waals surface area (Å²) < 4.78 is 0. The van der Waals surface area contributed by atoms with E-state index < -0.39 is 223 Å². The molecular weight excluding hydrogens is 1660 g/mol. The van der Waals surface area contributed by atoms with E-state index in [2.05, 4.69) is 73.1 Å². The van der Waals surface area contributed by atoms with Gasteiger partial charge in [-0.25, -0.2) is 4.98 Å². The number of nitrogens with zero attached hydrogens (tertiary/aromatic N) is 6. The second-order valence-electron chi connectivity index (χ2n) is 32.4. The number of H-pyrrole nitrogens is 3. The quantitative estimate of drug-likeness (QED) is 0.0318. The smallest absolute Gasteiger partial charge is 0.246 e. The monoisotopic (exact) mass is 1780 g/mol. The third-order valence-electron chi connectivity index (χ3n) is 22.3. The van der Waals surface area contributed by atoms with Crippen LogP contribution < -0.4 is 64.6 Å². The standard InChI is InChI=1S/C86H119N21O19S/c1-10-12-28-67-80(120)101-65(44-109)79(119)102-66(75(115)92-41-71(88)111)45-127-46-73(113)95-61(33-50-22-15-14-16-23-50)83(123)104(7)49(5)74(114)97-63(37-70(87)110)85(125)107-31-21-30-68(107)81(121)96-59(36-53-40-89-47-93-53)77(117)98-60(32-48(3)4)82(122)103(6)42-72(112)94-58(34-51-38-90-56-26-19-17-24-54(51)56)76(116)100-64(43-108)78(118)99-62(35-52-39-91-57-27-20-18-25-55(52)57)84(124)106(9)69(29-13-11-2)86(126)105(67)8/h14-20,22-27,38-40,47-49,58-69,90-91,108-109H,10-13,21,28-37,41-46H2,1-9H3,(H2,87,110)(H2,88,111)(H,89,93)(H,92,115)(H,94,112)(H,95,113)(H,96,121)(H,97,114)(H,98,117)(H,99,118)(H,100,116)(H,101,120)(H,102,119)/t49-,58-,59-,60-,61-,62-,63-,64-,65?,66-,67-,68-,69-/m0/s1. The van der Waals surface area contributed by atoms with Gasteiger partial charge in [0.25, 0.3) is 0 Å². The van der Waals surface area contributed by atoms with Gasteiger partial charge < -0.3 is 114 Å². The van der Waals surface area contributed by atoms with Gasteiger partial charge in [0.1, 0.15) is 78.5 Å². The van der Waals surface area contributed by atoms with Crippen molar-refractivity contribution in [1.82, 2.24) is 97.6 Å². The summed E-state index contributed by atoms with van der Waals surface area (Å²) in [6, 6.07) is 2.49. The number of thioether (sulfide) groups is 1. The molecule has 0 bridgehead atoms. The number of hydrogen-bond donors (Lipinski definition) is 17. The molecule has 0 spiro atoms. The Morgan fingerprint density at radius 1 is 0.528 bits per heavy atom. The van der Waals surface area contributed by atoms with E-state index in [0.29, 0.717) is 69.9 Å². The Labute approximate surface area is 738 Å². The second kappa shape index (κ2) is 48.1. The number of para-hydroxylation sites is 2. The summed E-state index contributed by atoms with van der Waals surface area (Å²) in [7, 11) is 5.18. The van der Waals surface area contributed by atoms with Gasteiger partial charge in [-0.2, -0.15) is 0 Å². The lowest BCUT2D eigenvalue weighted by Gasteiger charge is -2.36. The minimum atomic E-state index is -1.85. The molecule has 0 radical (unpaired) electrons. The molecule has 688 valence electrons. The number of rotatable bonds is 23. The summed E-state index contributed by atoms with van der Waals surface area (Å²) in [4.78, 5) is 265. The molecule has 0 saturated carbocycles. The predicted octanol–water partition coefficient (Wildman–Crippen LogP) is -2.41. The summed E-state index contributed by atoms with van der Waals surface area (Å²) >= 11 is 0.763. The number of aliphatic hydroxyl groups excluding tert-OH is 2. The van der Waals surface area contributed by atoms with Crippen LogP contribution in [0.4, 0.5) is 0 Å². The van der Waals surface area contributed by atoms with Gasteiger partial charge in [0.2, 0.25) is 100 Å². The van der Waals surface area contributed by atoms with Crippen molar-refractivity contribution in [3.05, 3.63) is 126 Å². The number of nitrogens with two attached hydrogens (primary N) is 2. The van der Waals surface area contributed by atoms with Crippen LogP contribution in [0.25, 0.3) is 21.8 Å². The summed E-state index contributed by atoms with van der Waals surface area (Å²) in [6.45, 7) is 4.79. The van der Waals surface area contributed by atoms with E-state index in [9.17, 15) is 77.3 Å². The fourth-order valence-corrected chi connectivity index (χ4v) is 16.0. The van der Waals surface area contributed by atoms with Gasteiger partial charge in [-0.1, -0.05) is 120 Å². The Kier molecular flexibility index (Phi) is 37.7. The third-order valence-corrected chi connectivity index (χ3v) is 23.4. The molecule has 2 aliphatic heterocycles. The summed E-state index contributed by atoms with van der Waals surface area (Å²) in [5, 5.41) is 49.1. The number of fused-ring (bicyclic) bond motifs is 3. The van der Waals surface area contributed by atoms with Crippen LogP contribution in [0.2, 0.25) is 0 Å². The zero-order valence-corrected chi connectivity index (χ0v) is 73.6. The van der Waals surface area contributed by atoms with E-state index in [-0.39, 0.29) is 70.3 Å². The Bertz CT molecular complexity index is 4870. The number of imidazole rings is 1. The Morgan fingerprint density at radius 2 is 1.04 bits per heavy atom. The van der Waals surface area contributed by atoms with E-state index in [0.717, 1.165) is 36.3 Å². The number of benzene rings is 3. The van der Waals surface area contributed by atoms with Crippen LogP contribution in [-0.4, -0.2) is 306 Å². The lowest BCUT2D eigenvalue weighted by molar-refractivity contribution is -0.149. The van der Waals surface area contributed by atoms with Gasteiger partial charge >= 0.3 is 0 Å². The zero-order chi connectivity index (χ0) is 92.9. The number of unbranched alkanes of at least 4 members (excludes halogenated alkanes) is 2. The molecule has 127 heavy (non-hydrogen) atoms. The van der Waals surface area contributed by atoms with Crippen molar-refractivity contribution in [3.63, 3.8) is 0 Å². The first-order valence-corrected chi connectivity index (χ1v) is 43.5. The van der Waals surface area contributed by atoms with Crippen molar-refractivity contribution >= 4 is 134 Å². The highest BCUT2D eigenvalue weighted by Crippen LogP contribution is 2.26. The van der Waals surface area contributed by atoms with E-state index in [4.69, 9.17) is 11.5 Å².